The van der Waals surface area contributed by atoms with E-state index in [4.69, 9.17) is 13.7 Å². The highest BCUT2D eigenvalue weighted by atomic mass is 32.2. The average molecular weight is 929 g/mol. The first-order valence-corrected chi connectivity index (χ1v) is 24.0. The Labute approximate surface area is 387 Å². The van der Waals surface area contributed by atoms with Gasteiger partial charge in [-0.2, -0.15) is 5.26 Å². The number of anilines is 2. The Kier molecular flexibility index (Phi) is 14.0. The maximum atomic E-state index is 15.2. The fourth-order valence-electron chi connectivity index (χ4n) is 9.31. The normalized spacial score (nSPS) is 23.3. The van der Waals surface area contributed by atoms with E-state index in [9.17, 15) is 24.4 Å². The van der Waals surface area contributed by atoms with Crippen molar-refractivity contribution >= 4 is 71.2 Å². The first-order valence-electron chi connectivity index (χ1n) is 22.1. The molecule has 5 aliphatic heterocycles. The molecule has 19 heteroatoms. The van der Waals surface area contributed by atoms with Gasteiger partial charge in [-0.05, 0) is 100 Å². The first-order chi connectivity index (χ1) is 31.3. The number of likely N-dealkylation sites (N-methyl/N-ethyl adjacent to an activating group) is 1. The zero-order chi connectivity index (χ0) is 45.9. The Bertz CT molecular complexity index is 2400. The molecule has 8 rings (SSSR count). The fraction of sp³-hybridized carbons (Fsp3) is 0.478. The number of nitriles is 1. The smallest absolute Gasteiger partial charge is 0.354 e. The number of aliphatic imine (C=N–C) groups is 1. The molecular weight excluding hydrogens is 874 g/mol. The molecule has 0 bridgehead atoms. The van der Waals surface area contributed by atoms with Gasteiger partial charge in [-0.1, -0.05) is 13.0 Å². The molecule has 3 aromatic rings. The van der Waals surface area contributed by atoms with E-state index in [1.807, 2.05) is 54.7 Å². The zero-order valence-electron chi connectivity index (χ0n) is 37.1. The van der Waals surface area contributed by atoms with Gasteiger partial charge < -0.3 is 28.6 Å². The SMILES string of the molecule is CCN(C)SNc1ccc(F)c(Oc2ccc3c(c2)C(=O)[N+](C)(C2COC4(CCN(C(=O)CN5CCC(c6ccc(NC7CCC(=O)NC7=O)cc6OSC)CC5)CC4)C2)C=N3)c1C#N. The van der Waals surface area contributed by atoms with Crippen LogP contribution in [0.1, 0.15) is 79.3 Å². The number of likely N-dealkylation sites (tertiary alicyclic amines) is 2. The molecule has 5 heterocycles. The average Bonchev–Trinajstić information content (AvgIpc) is 3.73. The van der Waals surface area contributed by atoms with Gasteiger partial charge in [0.2, 0.25) is 17.7 Å². The van der Waals surface area contributed by atoms with Gasteiger partial charge in [0.15, 0.2) is 17.9 Å². The number of ether oxygens (including phenoxy) is 2. The number of hydrogen-bond donors (Lipinski definition) is 3. The third-order valence-electron chi connectivity index (χ3n) is 13.4. The van der Waals surface area contributed by atoms with Gasteiger partial charge >= 0.3 is 5.91 Å². The maximum absolute atomic E-state index is 15.2. The molecule has 65 heavy (non-hydrogen) atoms. The Morgan fingerprint density at radius 2 is 1.89 bits per heavy atom. The van der Waals surface area contributed by atoms with E-state index in [0.29, 0.717) is 75.3 Å². The largest absolute Gasteiger partial charge is 0.453 e. The number of imide groups is 1. The van der Waals surface area contributed by atoms with Crippen LogP contribution in [0.2, 0.25) is 0 Å². The van der Waals surface area contributed by atoms with Gasteiger partial charge in [0.1, 0.15) is 47.4 Å². The molecule has 1 spiro atoms. The van der Waals surface area contributed by atoms with E-state index >= 15 is 4.39 Å². The van der Waals surface area contributed by atoms with E-state index in [1.165, 1.54) is 36.3 Å². The predicted molar refractivity (Wildman–Crippen MR) is 248 cm³/mol. The second-order valence-electron chi connectivity index (χ2n) is 17.5. The van der Waals surface area contributed by atoms with Crippen LogP contribution in [0.15, 0.2) is 53.5 Å². The highest BCUT2D eigenvalue weighted by molar-refractivity contribution is 7.98. The predicted octanol–water partition coefficient (Wildman–Crippen LogP) is 6.58. The molecule has 0 saturated carbocycles. The number of nitrogens with one attached hydrogen (secondary N) is 3. The van der Waals surface area contributed by atoms with Gasteiger partial charge in [0.05, 0.1) is 42.6 Å². The maximum Gasteiger partial charge on any atom is 0.354 e. The number of carbonyl (C=O) groups excluding carboxylic acids is 4. The first kappa shape index (κ1) is 46.3. The molecule has 3 unspecified atom stereocenters. The fourth-order valence-corrected chi connectivity index (χ4v) is 10.2. The third kappa shape index (κ3) is 9.98. The number of hydrogen-bond acceptors (Lipinski definition) is 15. The summed E-state index contributed by atoms with van der Waals surface area (Å²) in [5.74, 6) is -0.402. The third-order valence-corrected chi connectivity index (χ3v) is 14.6. The summed E-state index contributed by atoms with van der Waals surface area (Å²) in [6, 6.07) is 14.8. The number of amides is 4. The zero-order valence-corrected chi connectivity index (χ0v) is 38.7. The monoisotopic (exact) mass is 928 g/mol. The van der Waals surface area contributed by atoms with Gasteiger partial charge in [0.25, 0.3) is 0 Å². The molecule has 344 valence electrons. The summed E-state index contributed by atoms with van der Waals surface area (Å²) in [7, 11) is 3.72. The van der Waals surface area contributed by atoms with E-state index in [1.54, 1.807) is 24.5 Å². The van der Waals surface area contributed by atoms with Crippen LogP contribution in [0, 0.1) is 17.1 Å². The molecule has 4 saturated heterocycles. The van der Waals surface area contributed by atoms with E-state index in [0.717, 1.165) is 49.5 Å². The number of quaternary nitrogens is 1. The summed E-state index contributed by atoms with van der Waals surface area (Å²) >= 11 is 2.54. The van der Waals surface area contributed by atoms with Crippen LogP contribution in [0.25, 0.3) is 0 Å². The van der Waals surface area contributed by atoms with Crippen LogP contribution >= 0.6 is 24.2 Å². The summed E-state index contributed by atoms with van der Waals surface area (Å²) < 4.78 is 38.5. The highest BCUT2D eigenvalue weighted by Crippen LogP contribution is 2.43. The van der Waals surface area contributed by atoms with Crippen LogP contribution < -0.4 is 24.3 Å². The second-order valence-corrected chi connectivity index (χ2v) is 19.0. The van der Waals surface area contributed by atoms with Gasteiger partial charge in [-0.3, -0.25) is 24.6 Å². The van der Waals surface area contributed by atoms with Crippen LogP contribution in [0.5, 0.6) is 17.2 Å². The highest BCUT2D eigenvalue weighted by Gasteiger charge is 2.53. The van der Waals surface area contributed by atoms with Crippen molar-refractivity contribution in [1.82, 2.24) is 19.4 Å². The minimum Gasteiger partial charge on any atom is -0.453 e. The number of carbonyl (C=O) groups is 4. The lowest BCUT2D eigenvalue weighted by Gasteiger charge is -2.40. The lowest BCUT2D eigenvalue weighted by molar-refractivity contribution is -0.756. The molecule has 4 fully saturated rings. The summed E-state index contributed by atoms with van der Waals surface area (Å²) in [4.78, 5) is 60.7. The number of nitrogens with zero attached hydrogens (tertiary/aromatic N) is 6. The second kappa shape index (κ2) is 19.7. The Balaban J connectivity index is 0.835. The van der Waals surface area contributed by atoms with Gasteiger partial charge in [0, 0.05) is 62.6 Å². The molecule has 16 nitrogen and oxygen atoms in total. The minimum absolute atomic E-state index is 0.00530. The topological polar surface area (TPSA) is 178 Å². The number of piperidine rings is 3. The van der Waals surface area contributed by atoms with E-state index < -0.39 is 17.5 Å². The summed E-state index contributed by atoms with van der Waals surface area (Å²) in [6.07, 6.45) is 7.96. The molecule has 5 aliphatic rings. The Morgan fingerprint density at radius 1 is 1.11 bits per heavy atom. The lowest BCUT2D eigenvalue weighted by atomic mass is 9.86. The summed E-state index contributed by atoms with van der Waals surface area (Å²) in [6.45, 7) is 6.11. The van der Waals surface area contributed by atoms with E-state index in [2.05, 4.69) is 31.3 Å². The number of rotatable bonds is 14. The van der Waals surface area contributed by atoms with Crippen molar-refractivity contribution in [2.75, 3.05) is 76.3 Å². The van der Waals surface area contributed by atoms with Crippen molar-refractivity contribution in [3.63, 3.8) is 0 Å². The molecular formula is C46H55FN9O7S2+. The lowest BCUT2D eigenvalue weighted by Crippen LogP contribution is -2.57. The number of fused-ring (bicyclic) bond motifs is 1. The van der Waals surface area contributed by atoms with Crippen LogP contribution in [0.3, 0.4) is 0 Å². The van der Waals surface area contributed by atoms with Crippen LogP contribution in [-0.4, -0.2) is 132 Å². The molecule has 3 N–H and O–H groups in total. The van der Waals surface area contributed by atoms with Crippen molar-refractivity contribution in [3.8, 4) is 23.3 Å². The van der Waals surface area contributed by atoms with Crippen LogP contribution in [-0.2, 0) is 19.1 Å². The standard InChI is InChI=1S/C46H54FN9O7S2/c1-5-53(2)65-52-38-11-9-36(47)43(35(38)25-48)62-32-7-10-37-34(23-32)45(60)56(3,28-49-37)31-24-46(61-27-31)16-20-55(21-17-46)42(58)26-54-18-14-29(15-19-54)33-8-6-30(22-40(33)63-64-4)50-39-12-13-41(57)51-44(39)59/h6-11,22-23,28-29,31,39,50,52H,5,12-21,24,26-27H2,1-4H3/p+1. The van der Waals surface area contributed by atoms with Crippen molar-refractivity contribution in [2.45, 2.75) is 75.5 Å². The van der Waals surface area contributed by atoms with Crippen molar-refractivity contribution in [1.29, 1.82) is 5.26 Å². The molecule has 3 atom stereocenters. The Hall–Kier alpha value is -5.23. The summed E-state index contributed by atoms with van der Waals surface area (Å²) in [5.41, 5.74) is 2.61. The van der Waals surface area contributed by atoms with Crippen molar-refractivity contribution in [3.05, 3.63) is 71.0 Å². The van der Waals surface area contributed by atoms with Crippen molar-refractivity contribution in [2.24, 2.45) is 4.99 Å². The Morgan fingerprint density at radius 3 is 2.62 bits per heavy atom. The molecule has 3 aromatic carbocycles. The molecule has 4 amide bonds. The van der Waals surface area contributed by atoms with Gasteiger partial charge in [-0.15, -0.1) is 0 Å². The number of benzene rings is 3. The molecule has 0 aromatic heterocycles. The molecule has 0 radical (unpaired) electrons. The van der Waals surface area contributed by atoms with E-state index in [-0.39, 0.29) is 57.1 Å². The van der Waals surface area contributed by atoms with Crippen LogP contribution in [0.4, 0.5) is 21.5 Å². The minimum atomic E-state index is -0.704. The number of halogens is 1. The summed E-state index contributed by atoms with van der Waals surface area (Å²) in [5, 5.41) is 15.6. The van der Waals surface area contributed by atoms with Crippen molar-refractivity contribution < 1.29 is 41.7 Å². The quantitative estimate of drug-likeness (QED) is 0.0684. The molecule has 0 aliphatic carbocycles. The van der Waals surface area contributed by atoms with Gasteiger partial charge in [-0.25, -0.2) is 23.0 Å².